The Morgan fingerprint density at radius 2 is 1.79 bits per heavy atom. The molecule has 0 heterocycles. The zero-order valence-corrected chi connectivity index (χ0v) is 11.9. The fraction of sp³-hybridized carbons (Fsp3) is 0.143. The van der Waals surface area contributed by atoms with Gasteiger partial charge in [-0.15, -0.1) is 12.4 Å². The Balaban J connectivity index is 0.00000180. The largest absolute Gasteiger partial charge is 0.496 e. The molecule has 0 spiro atoms. The van der Waals surface area contributed by atoms with Crippen LogP contribution in [-0.2, 0) is 6.54 Å². The Morgan fingerprint density at radius 3 is 2.37 bits per heavy atom. The predicted octanol–water partition coefficient (Wildman–Crippen LogP) is 4.04. The minimum absolute atomic E-state index is 0. The number of nitrogens with two attached hydrogens (primary N) is 1. The predicted molar refractivity (Wildman–Crippen MR) is 78.5 cm³/mol. The van der Waals surface area contributed by atoms with Gasteiger partial charge in [-0.05, 0) is 35.4 Å². The van der Waals surface area contributed by atoms with Crippen molar-refractivity contribution in [1.82, 2.24) is 0 Å². The van der Waals surface area contributed by atoms with Crippen LogP contribution in [0.1, 0.15) is 5.56 Å². The van der Waals surface area contributed by atoms with Crippen molar-refractivity contribution in [1.29, 1.82) is 0 Å². The van der Waals surface area contributed by atoms with E-state index in [-0.39, 0.29) is 17.4 Å². The molecule has 2 nitrogen and oxygen atoms in total. The van der Waals surface area contributed by atoms with E-state index < -0.39 is 5.82 Å². The summed E-state index contributed by atoms with van der Waals surface area (Å²) in [5.41, 5.74) is 8.17. The van der Waals surface area contributed by atoms with Crippen molar-refractivity contribution in [2.24, 2.45) is 5.73 Å². The molecule has 2 N–H and O–H groups in total. The smallest absolute Gasteiger partial charge is 0.142 e. The second-order valence-corrected chi connectivity index (χ2v) is 4.27. The van der Waals surface area contributed by atoms with Crippen LogP contribution in [-0.4, -0.2) is 7.11 Å². The normalized spacial score (nSPS) is 9.89. The fourth-order valence-electron chi connectivity index (χ4n) is 1.79. The summed E-state index contributed by atoms with van der Waals surface area (Å²) in [7, 11) is 1.59. The van der Waals surface area contributed by atoms with Crippen molar-refractivity contribution in [2.75, 3.05) is 7.11 Å². The summed E-state index contributed by atoms with van der Waals surface area (Å²) in [6.07, 6.45) is 0. The third kappa shape index (κ3) is 3.38. The van der Waals surface area contributed by atoms with Gasteiger partial charge in [0, 0.05) is 12.1 Å². The Morgan fingerprint density at radius 1 is 1.16 bits per heavy atom. The SMILES string of the molecule is COc1ccc(-c2ccc(Cl)c(F)c2)cc1CN.Cl. The van der Waals surface area contributed by atoms with Crippen LogP contribution in [0.25, 0.3) is 11.1 Å². The minimum atomic E-state index is -0.431. The molecule has 2 aromatic carbocycles. The first-order valence-electron chi connectivity index (χ1n) is 5.48. The van der Waals surface area contributed by atoms with Crippen molar-refractivity contribution in [3.8, 4) is 16.9 Å². The molecule has 0 fully saturated rings. The standard InChI is InChI=1S/C14H13ClFNO.ClH/c1-18-14-5-3-9(6-11(14)8-17)10-2-4-12(15)13(16)7-10;/h2-7H,8,17H2,1H3;1H. The molecule has 102 valence electrons. The van der Waals surface area contributed by atoms with Crippen LogP contribution in [0.4, 0.5) is 4.39 Å². The molecule has 0 saturated carbocycles. The quantitative estimate of drug-likeness (QED) is 0.929. The van der Waals surface area contributed by atoms with Crippen molar-refractivity contribution in [3.63, 3.8) is 0 Å². The van der Waals surface area contributed by atoms with Gasteiger partial charge in [0.05, 0.1) is 12.1 Å². The molecule has 0 radical (unpaired) electrons. The van der Waals surface area contributed by atoms with Gasteiger partial charge in [-0.25, -0.2) is 4.39 Å². The molecule has 0 unspecified atom stereocenters. The lowest BCUT2D eigenvalue weighted by atomic mass is 10.0. The third-order valence-electron chi connectivity index (χ3n) is 2.75. The zero-order valence-electron chi connectivity index (χ0n) is 10.3. The van der Waals surface area contributed by atoms with E-state index in [2.05, 4.69) is 0 Å². The van der Waals surface area contributed by atoms with Gasteiger partial charge in [-0.2, -0.15) is 0 Å². The van der Waals surface area contributed by atoms with Gasteiger partial charge in [0.15, 0.2) is 0 Å². The highest BCUT2D eigenvalue weighted by Crippen LogP contribution is 2.28. The number of benzene rings is 2. The number of rotatable bonds is 3. The summed E-state index contributed by atoms with van der Waals surface area (Å²) in [5.74, 6) is 0.301. The molecular formula is C14H14Cl2FNO. The van der Waals surface area contributed by atoms with Gasteiger partial charge in [-0.3, -0.25) is 0 Å². The Bertz CT molecular complexity index is 575. The molecule has 0 amide bonds. The van der Waals surface area contributed by atoms with E-state index >= 15 is 0 Å². The molecule has 0 saturated heterocycles. The number of halogens is 3. The Kier molecular flexibility index (Phi) is 5.60. The van der Waals surface area contributed by atoms with Crippen LogP contribution in [0.2, 0.25) is 5.02 Å². The van der Waals surface area contributed by atoms with Crippen molar-refractivity contribution < 1.29 is 9.13 Å². The third-order valence-corrected chi connectivity index (χ3v) is 3.06. The van der Waals surface area contributed by atoms with E-state index in [0.717, 1.165) is 22.4 Å². The molecule has 0 aromatic heterocycles. The van der Waals surface area contributed by atoms with Gasteiger partial charge in [-0.1, -0.05) is 23.7 Å². The molecule has 0 aliphatic rings. The van der Waals surface area contributed by atoms with Crippen LogP contribution in [0.5, 0.6) is 5.75 Å². The number of methoxy groups -OCH3 is 1. The monoisotopic (exact) mass is 301 g/mol. The molecular weight excluding hydrogens is 288 g/mol. The van der Waals surface area contributed by atoms with Crippen molar-refractivity contribution >= 4 is 24.0 Å². The summed E-state index contributed by atoms with van der Waals surface area (Å²) in [6, 6.07) is 10.3. The van der Waals surface area contributed by atoms with E-state index in [4.69, 9.17) is 22.1 Å². The summed E-state index contributed by atoms with van der Waals surface area (Å²) >= 11 is 5.66. The molecule has 0 bridgehead atoms. The lowest BCUT2D eigenvalue weighted by Crippen LogP contribution is -2.00. The van der Waals surface area contributed by atoms with Crippen LogP contribution >= 0.6 is 24.0 Å². The van der Waals surface area contributed by atoms with Gasteiger partial charge >= 0.3 is 0 Å². The zero-order chi connectivity index (χ0) is 13.1. The van der Waals surface area contributed by atoms with E-state index in [1.165, 1.54) is 6.07 Å². The number of hydrogen-bond acceptors (Lipinski definition) is 2. The topological polar surface area (TPSA) is 35.2 Å². The molecule has 0 aliphatic carbocycles. The highest BCUT2D eigenvalue weighted by molar-refractivity contribution is 6.30. The van der Waals surface area contributed by atoms with Gasteiger partial charge in [0.1, 0.15) is 11.6 Å². The number of hydrogen-bond donors (Lipinski definition) is 1. The maximum absolute atomic E-state index is 13.4. The molecule has 2 rings (SSSR count). The van der Waals surface area contributed by atoms with E-state index in [1.807, 2.05) is 18.2 Å². The first kappa shape index (κ1) is 15.8. The summed E-state index contributed by atoms with van der Waals surface area (Å²) in [5, 5.41) is 0.117. The minimum Gasteiger partial charge on any atom is -0.496 e. The van der Waals surface area contributed by atoms with Crippen LogP contribution in [0, 0.1) is 5.82 Å². The Hall–Kier alpha value is -1.29. The second-order valence-electron chi connectivity index (χ2n) is 3.86. The fourth-order valence-corrected chi connectivity index (χ4v) is 1.91. The second kappa shape index (κ2) is 6.75. The maximum atomic E-state index is 13.4. The van der Waals surface area contributed by atoms with Crippen molar-refractivity contribution in [2.45, 2.75) is 6.54 Å². The molecule has 0 aliphatic heterocycles. The lowest BCUT2D eigenvalue weighted by Gasteiger charge is -2.09. The first-order valence-corrected chi connectivity index (χ1v) is 5.86. The van der Waals surface area contributed by atoms with E-state index in [1.54, 1.807) is 19.2 Å². The van der Waals surface area contributed by atoms with Gasteiger partial charge < -0.3 is 10.5 Å². The van der Waals surface area contributed by atoms with E-state index in [0.29, 0.717) is 6.54 Å². The van der Waals surface area contributed by atoms with E-state index in [9.17, 15) is 4.39 Å². The molecule has 5 heteroatoms. The first-order chi connectivity index (χ1) is 8.65. The highest BCUT2D eigenvalue weighted by Gasteiger charge is 2.07. The molecule has 19 heavy (non-hydrogen) atoms. The van der Waals surface area contributed by atoms with Crippen LogP contribution < -0.4 is 10.5 Å². The van der Waals surface area contributed by atoms with Gasteiger partial charge in [0.25, 0.3) is 0 Å². The maximum Gasteiger partial charge on any atom is 0.142 e. The summed E-state index contributed by atoms with van der Waals surface area (Å²) < 4.78 is 18.6. The highest BCUT2D eigenvalue weighted by atomic mass is 35.5. The number of ether oxygens (including phenoxy) is 1. The lowest BCUT2D eigenvalue weighted by molar-refractivity contribution is 0.410. The summed E-state index contributed by atoms with van der Waals surface area (Å²) in [6.45, 7) is 0.368. The van der Waals surface area contributed by atoms with Crippen LogP contribution in [0.3, 0.4) is 0 Å². The molecule has 2 aromatic rings. The van der Waals surface area contributed by atoms with Gasteiger partial charge in [0.2, 0.25) is 0 Å². The van der Waals surface area contributed by atoms with Crippen molar-refractivity contribution in [3.05, 3.63) is 52.8 Å². The average Bonchev–Trinajstić information content (AvgIpc) is 2.41. The van der Waals surface area contributed by atoms with Crippen LogP contribution in [0.15, 0.2) is 36.4 Å². The average molecular weight is 302 g/mol. The summed E-state index contributed by atoms with van der Waals surface area (Å²) in [4.78, 5) is 0. The Labute approximate surface area is 122 Å². The molecule has 0 atom stereocenters.